The van der Waals surface area contributed by atoms with Crippen LogP contribution in [0.3, 0.4) is 0 Å². The molecule has 0 spiro atoms. The standard InChI is InChI=1S/C13H18N2O3S/c1-10-8-13(6-5-12(10)9-14)19(17,18)15-7-3-4-11(2)16/h5-6,8,11,15-16H,3-4,7H2,1-2H3. The Labute approximate surface area is 113 Å². The Morgan fingerprint density at radius 3 is 2.68 bits per heavy atom. The van der Waals surface area contributed by atoms with E-state index >= 15 is 0 Å². The molecule has 104 valence electrons. The largest absolute Gasteiger partial charge is 0.393 e. The maximum Gasteiger partial charge on any atom is 0.240 e. The second kappa shape index (κ2) is 6.66. The van der Waals surface area contributed by atoms with Gasteiger partial charge in [-0.2, -0.15) is 5.26 Å². The first-order valence-corrected chi connectivity index (χ1v) is 7.53. The van der Waals surface area contributed by atoms with Crippen molar-refractivity contribution in [3.8, 4) is 6.07 Å². The number of nitriles is 1. The van der Waals surface area contributed by atoms with Crippen molar-refractivity contribution in [2.45, 2.75) is 37.7 Å². The molecule has 0 bridgehead atoms. The second-order valence-corrected chi connectivity index (χ2v) is 6.24. The molecule has 0 aliphatic carbocycles. The number of hydrogen-bond acceptors (Lipinski definition) is 4. The molecular formula is C13H18N2O3S. The molecule has 0 radical (unpaired) electrons. The summed E-state index contributed by atoms with van der Waals surface area (Å²) in [4.78, 5) is 0.154. The Bertz CT molecular complexity index is 574. The van der Waals surface area contributed by atoms with Gasteiger partial charge in [0.15, 0.2) is 0 Å². The second-order valence-electron chi connectivity index (χ2n) is 4.48. The van der Waals surface area contributed by atoms with E-state index in [1.54, 1.807) is 13.8 Å². The fourth-order valence-corrected chi connectivity index (χ4v) is 2.77. The Morgan fingerprint density at radius 1 is 1.47 bits per heavy atom. The van der Waals surface area contributed by atoms with Crippen molar-refractivity contribution >= 4 is 10.0 Å². The Kier molecular flexibility index (Phi) is 5.48. The molecule has 1 rings (SSSR count). The Balaban J connectivity index is 2.73. The molecule has 0 saturated heterocycles. The van der Waals surface area contributed by atoms with Gasteiger partial charge in [0, 0.05) is 6.54 Å². The lowest BCUT2D eigenvalue weighted by atomic mass is 10.1. The van der Waals surface area contributed by atoms with Gasteiger partial charge in [-0.15, -0.1) is 0 Å². The van der Waals surface area contributed by atoms with E-state index < -0.39 is 16.1 Å². The summed E-state index contributed by atoms with van der Waals surface area (Å²) < 4.78 is 26.4. The highest BCUT2D eigenvalue weighted by Crippen LogP contribution is 2.14. The van der Waals surface area contributed by atoms with E-state index in [-0.39, 0.29) is 11.4 Å². The summed E-state index contributed by atoms with van der Waals surface area (Å²) in [6.45, 7) is 3.65. The van der Waals surface area contributed by atoms with E-state index in [2.05, 4.69) is 4.72 Å². The van der Waals surface area contributed by atoms with Crippen LogP contribution in [-0.2, 0) is 10.0 Å². The lowest BCUT2D eigenvalue weighted by Crippen LogP contribution is -2.25. The van der Waals surface area contributed by atoms with E-state index in [4.69, 9.17) is 10.4 Å². The number of nitrogens with one attached hydrogen (secondary N) is 1. The fourth-order valence-electron chi connectivity index (χ4n) is 1.62. The third-order valence-corrected chi connectivity index (χ3v) is 4.18. The van der Waals surface area contributed by atoms with Crippen LogP contribution in [0.2, 0.25) is 0 Å². The van der Waals surface area contributed by atoms with E-state index in [0.717, 1.165) is 0 Å². The van der Waals surface area contributed by atoms with Crippen LogP contribution in [0.1, 0.15) is 30.9 Å². The average molecular weight is 282 g/mol. The molecule has 6 heteroatoms. The zero-order valence-electron chi connectivity index (χ0n) is 11.0. The van der Waals surface area contributed by atoms with Crippen molar-refractivity contribution in [3.05, 3.63) is 29.3 Å². The van der Waals surface area contributed by atoms with Crippen LogP contribution >= 0.6 is 0 Å². The number of rotatable bonds is 6. The first kappa shape index (κ1) is 15.6. The summed E-state index contributed by atoms with van der Waals surface area (Å²) in [6, 6.07) is 6.40. The van der Waals surface area contributed by atoms with E-state index in [0.29, 0.717) is 24.0 Å². The molecule has 2 N–H and O–H groups in total. The predicted octanol–water partition coefficient (Wildman–Crippen LogP) is 1.31. The summed E-state index contributed by atoms with van der Waals surface area (Å²) >= 11 is 0. The number of nitrogens with zero attached hydrogens (tertiary/aromatic N) is 1. The minimum Gasteiger partial charge on any atom is -0.393 e. The smallest absolute Gasteiger partial charge is 0.240 e. The zero-order valence-corrected chi connectivity index (χ0v) is 11.9. The summed E-state index contributed by atoms with van der Waals surface area (Å²) in [6.07, 6.45) is 0.697. The van der Waals surface area contributed by atoms with E-state index in [1.807, 2.05) is 6.07 Å². The SMILES string of the molecule is Cc1cc(S(=O)(=O)NCCCC(C)O)ccc1C#N. The summed E-state index contributed by atoms with van der Waals surface area (Å²) in [7, 11) is -3.55. The molecule has 1 unspecified atom stereocenters. The van der Waals surface area contributed by atoms with Crippen LogP contribution < -0.4 is 4.72 Å². The minimum atomic E-state index is -3.55. The number of sulfonamides is 1. The topological polar surface area (TPSA) is 90.2 Å². The summed E-state index contributed by atoms with van der Waals surface area (Å²) in [5.41, 5.74) is 1.10. The van der Waals surface area contributed by atoms with Crippen LogP contribution in [0.25, 0.3) is 0 Å². The van der Waals surface area contributed by atoms with Crippen LogP contribution in [0, 0.1) is 18.3 Å². The highest BCUT2D eigenvalue weighted by atomic mass is 32.2. The van der Waals surface area contributed by atoms with E-state index in [1.165, 1.54) is 18.2 Å². The highest BCUT2D eigenvalue weighted by Gasteiger charge is 2.14. The first-order valence-electron chi connectivity index (χ1n) is 6.05. The maximum absolute atomic E-state index is 12.0. The number of hydrogen-bond donors (Lipinski definition) is 2. The number of aliphatic hydroxyl groups excluding tert-OH is 1. The first-order chi connectivity index (χ1) is 8.86. The monoisotopic (exact) mass is 282 g/mol. The van der Waals surface area contributed by atoms with Crippen molar-refractivity contribution in [1.82, 2.24) is 4.72 Å². The molecule has 19 heavy (non-hydrogen) atoms. The molecule has 0 aliphatic heterocycles. The zero-order chi connectivity index (χ0) is 14.5. The van der Waals surface area contributed by atoms with Gasteiger partial charge in [-0.25, -0.2) is 13.1 Å². The number of benzene rings is 1. The number of aliphatic hydroxyl groups is 1. The minimum absolute atomic E-state index is 0.154. The van der Waals surface area contributed by atoms with Crippen LogP contribution in [0.4, 0.5) is 0 Å². The van der Waals surface area contributed by atoms with Gasteiger partial charge < -0.3 is 5.11 Å². The third kappa shape index (κ3) is 4.63. The van der Waals surface area contributed by atoms with Crippen molar-refractivity contribution in [2.24, 2.45) is 0 Å². The van der Waals surface area contributed by atoms with Crippen molar-refractivity contribution in [1.29, 1.82) is 5.26 Å². The van der Waals surface area contributed by atoms with Crippen molar-refractivity contribution in [2.75, 3.05) is 6.54 Å². The quantitative estimate of drug-likeness (QED) is 0.770. The van der Waals surface area contributed by atoms with Gasteiger partial charge in [0.25, 0.3) is 0 Å². The van der Waals surface area contributed by atoms with Gasteiger partial charge >= 0.3 is 0 Å². The maximum atomic E-state index is 12.0. The van der Waals surface area contributed by atoms with Gasteiger partial charge in [0.1, 0.15) is 0 Å². The molecule has 0 aromatic heterocycles. The lowest BCUT2D eigenvalue weighted by Gasteiger charge is -2.08. The third-order valence-electron chi connectivity index (χ3n) is 2.72. The summed E-state index contributed by atoms with van der Waals surface area (Å²) in [5.74, 6) is 0. The Morgan fingerprint density at radius 2 is 2.16 bits per heavy atom. The number of aryl methyl sites for hydroxylation is 1. The molecule has 0 fully saturated rings. The molecule has 0 aliphatic rings. The molecule has 1 aromatic rings. The van der Waals surface area contributed by atoms with Gasteiger partial charge in [-0.05, 0) is 50.5 Å². The van der Waals surface area contributed by atoms with Crippen molar-refractivity contribution in [3.63, 3.8) is 0 Å². The van der Waals surface area contributed by atoms with Crippen LogP contribution in [-0.4, -0.2) is 26.2 Å². The summed E-state index contributed by atoms with van der Waals surface area (Å²) in [5, 5.41) is 17.9. The molecule has 0 amide bonds. The van der Waals surface area contributed by atoms with Crippen molar-refractivity contribution < 1.29 is 13.5 Å². The Hall–Kier alpha value is -1.42. The normalized spacial score (nSPS) is 12.9. The molecule has 1 atom stereocenters. The van der Waals surface area contributed by atoms with Gasteiger partial charge in [0.2, 0.25) is 10.0 Å². The lowest BCUT2D eigenvalue weighted by molar-refractivity contribution is 0.182. The van der Waals surface area contributed by atoms with Gasteiger partial charge in [0.05, 0.1) is 22.6 Å². The van der Waals surface area contributed by atoms with Crippen LogP contribution in [0.5, 0.6) is 0 Å². The highest BCUT2D eigenvalue weighted by molar-refractivity contribution is 7.89. The molecule has 0 saturated carbocycles. The van der Waals surface area contributed by atoms with E-state index in [9.17, 15) is 8.42 Å². The molecule has 1 aromatic carbocycles. The van der Waals surface area contributed by atoms with Gasteiger partial charge in [-0.1, -0.05) is 0 Å². The molecule has 0 heterocycles. The molecule has 5 nitrogen and oxygen atoms in total. The fraction of sp³-hybridized carbons (Fsp3) is 0.462. The average Bonchev–Trinajstić information content (AvgIpc) is 2.34. The van der Waals surface area contributed by atoms with Gasteiger partial charge in [-0.3, -0.25) is 0 Å². The predicted molar refractivity (Wildman–Crippen MR) is 72.0 cm³/mol. The van der Waals surface area contributed by atoms with Crippen LogP contribution in [0.15, 0.2) is 23.1 Å². The molecular weight excluding hydrogens is 264 g/mol.